The van der Waals surface area contributed by atoms with Crippen molar-refractivity contribution in [2.24, 2.45) is 0 Å². The van der Waals surface area contributed by atoms with Gasteiger partial charge in [-0.3, -0.25) is 0 Å². The number of rotatable bonds is 4. The Morgan fingerprint density at radius 3 is 2.75 bits per heavy atom. The Kier molecular flexibility index (Phi) is 4.06. The molecule has 0 aromatic heterocycles. The third-order valence-electron chi connectivity index (χ3n) is 2.72. The number of nitrogens with two attached hydrogens (primary N) is 1. The molecule has 0 spiro atoms. The maximum Gasteiger partial charge on any atom is 0.167 e. The van der Waals surface area contributed by atoms with Gasteiger partial charge < -0.3 is 15.8 Å². The summed E-state index contributed by atoms with van der Waals surface area (Å²) < 4.78 is 18.8. The molecular formula is C15H14FN3O. The number of nitrogens with zero attached hydrogens (tertiary/aromatic N) is 1. The smallest absolute Gasteiger partial charge is 0.167 e. The van der Waals surface area contributed by atoms with Gasteiger partial charge in [-0.1, -0.05) is 12.1 Å². The average molecular weight is 271 g/mol. The molecule has 0 atom stereocenters. The predicted molar refractivity (Wildman–Crippen MR) is 76.4 cm³/mol. The van der Waals surface area contributed by atoms with Crippen LogP contribution in [0.15, 0.2) is 36.4 Å². The fraction of sp³-hybridized carbons (Fsp3) is 0.133. The molecule has 102 valence electrons. The van der Waals surface area contributed by atoms with Crippen molar-refractivity contribution in [3.63, 3.8) is 0 Å². The quantitative estimate of drug-likeness (QED) is 0.836. The SMILES string of the molecule is CCOc1cc(Nc2ccccc2C#N)c(N)cc1F. The van der Waals surface area contributed by atoms with Crippen molar-refractivity contribution in [2.45, 2.75) is 6.92 Å². The van der Waals surface area contributed by atoms with Gasteiger partial charge in [-0.15, -0.1) is 0 Å². The Morgan fingerprint density at radius 2 is 2.05 bits per heavy atom. The summed E-state index contributed by atoms with van der Waals surface area (Å²) in [7, 11) is 0. The van der Waals surface area contributed by atoms with Gasteiger partial charge in [0.25, 0.3) is 0 Å². The molecule has 0 aliphatic carbocycles. The minimum Gasteiger partial charge on any atom is -0.491 e. The van der Waals surface area contributed by atoms with E-state index in [4.69, 9.17) is 15.7 Å². The van der Waals surface area contributed by atoms with Gasteiger partial charge in [-0.2, -0.15) is 5.26 Å². The molecule has 0 amide bonds. The Morgan fingerprint density at radius 1 is 1.30 bits per heavy atom. The summed E-state index contributed by atoms with van der Waals surface area (Å²) in [5, 5.41) is 12.1. The van der Waals surface area contributed by atoms with E-state index in [9.17, 15) is 4.39 Å². The monoisotopic (exact) mass is 271 g/mol. The Labute approximate surface area is 116 Å². The molecule has 0 fully saturated rings. The first kappa shape index (κ1) is 13.7. The molecule has 0 unspecified atom stereocenters. The van der Waals surface area contributed by atoms with Crippen LogP contribution in [0, 0.1) is 17.1 Å². The van der Waals surface area contributed by atoms with E-state index in [1.54, 1.807) is 31.2 Å². The number of nitrogen functional groups attached to an aromatic ring is 1. The minimum absolute atomic E-state index is 0.124. The van der Waals surface area contributed by atoms with Crippen LogP contribution in [-0.4, -0.2) is 6.61 Å². The minimum atomic E-state index is -0.511. The van der Waals surface area contributed by atoms with Gasteiger partial charge in [0.2, 0.25) is 0 Å². The first-order chi connectivity index (χ1) is 9.65. The highest BCUT2D eigenvalue weighted by molar-refractivity contribution is 5.76. The third-order valence-corrected chi connectivity index (χ3v) is 2.72. The molecule has 2 aromatic rings. The fourth-order valence-electron chi connectivity index (χ4n) is 1.78. The van der Waals surface area contributed by atoms with Crippen molar-refractivity contribution < 1.29 is 9.13 Å². The zero-order chi connectivity index (χ0) is 14.5. The highest BCUT2D eigenvalue weighted by atomic mass is 19.1. The highest BCUT2D eigenvalue weighted by Crippen LogP contribution is 2.31. The lowest BCUT2D eigenvalue weighted by Gasteiger charge is -2.13. The molecule has 0 radical (unpaired) electrons. The van der Waals surface area contributed by atoms with Gasteiger partial charge in [0, 0.05) is 12.1 Å². The largest absolute Gasteiger partial charge is 0.491 e. The van der Waals surface area contributed by atoms with Crippen LogP contribution in [0.3, 0.4) is 0 Å². The van der Waals surface area contributed by atoms with Crippen molar-refractivity contribution in [3.05, 3.63) is 47.8 Å². The number of benzene rings is 2. The Bertz CT molecular complexity index is 665. The number of hydrogen-bond donors (Lipinski definition) is 2. The molecule has 3 N–H and O–H groups in total. The van der Waals surface area contributed by atoms with E-state index in [-0.39, 0.29) is 11.4 Å². The number of ether oxygens (including phenoxy) is 1. The molecule has 0 saturated heterocycles. The standard InChI is InChI=1S/C15H14FN3O/c1-2-20-15-8-14(12(18)7-11(15)16)19-13-6-4-3-5-10(13)9-17/h3-8,19H,2,18H2,1H3. The number of anilines is 3. The lowest BCUT2D eigenvalue weighted by atomic mass is 10.1. The second-order valence-corrected chi connectivity index (χ2v) is 4.09. The van der Waals surface area contributed by atoms with Gasteiger partial charge in [0.05, 0.1) is 29.2 Å². The van der Waals surface area contributed by atoms with Gasteiger partial charge in [0.15, 0.2) is 11.6 Å². The number of nitrogens with one attached hydrogen (secondary N) is 1. The molecule has 0 bridgehead atoms. The van der Waals surface area contributed by atoms with Crippen molar-refractivity contribution in [1.82, 2.24) is 0 Å². The fourth-order valence-corrected chi connectivity index (χ4v) is 1.78. The van der Waals surface area contributed by atoms with Crippen LogP contribution in [0.1, 0.15) is 12.5 Å². The van der Waals surface area contributed by atoms with Crippen molar-refractivity contribution in [1.29, 1.82) is 5.26 Å². The predicted octanol–water partition coefficient (Wildman–Crippen LogP) is 3.42. The first-order valence-corrected chi connectivity index (χ1v) is 6.13. The topological polar surface area (TPSA) is 71.1 Å². The van der Waals surface area contributed by atoms with E-state index < -0.39 is 5.82 Å². The lowest BCUT2D eigenvalue weighted by Crippen LogP contribution is -2.02. The second-order valence-electron chi connectivity index (χ2n) is 4.09. The van der Waals surface area contributed by atoms with Crippen molar-refractivity contribution in [3.8, 4) is 11.8 Å². The maximum atomic E-state index is 13.6. The molecule has 0 heterocycles. The molecular weight excluding hydrogens is 257 g/mol. The van der Waals surface area contributed by atoms with Crippen LogP contribution in [-0.2, 0) is 0 Å². The summed E-state index contributed by atoms with van der Waals surface area (Å²) in [5.74, 6) is -0.387. The average Bonchev–Trinajstić information content (AvgIpc) is 2.45. The Balaban J connectivity index is 2.38. The summed E-state index contributed by atoms with van der Waals surface area (Å²) in [6.45, 7) is 2.13. The van der Waals surface area contributed by atoms with Gasteiger partial charge in [-0.25, -0.2) is 4.39 Å². The summed E-state index contributed by atoms with van der Waals surface area (Å²) in [6, 6.07) is 11.8. The van der Waals surface area contributed by atoms with Gasteiger partial charge >= 0.3 is 0 Å². The summed E-state index contributed by atoms with van der Waals surface area (Å²) in [6.07, 6.45) is 0. The number of hydrogen-bond acceptors (Lipinski definition) is 4. The van der Waals surface area contributed by atoms with Crippen molar-refractivity contribution >= 4 is 17.1 Å². The lowest BCUT2D eigenvalue weighted by molar-refractivity contribution is 0.322. The first-order valence-electron chi connectivity index (χ1n) is 6.13. The number of halogens is 1. The zero-order valence-electron chi connectivity index (χ0n) is 11.0. The van der Waals surface area contributed by atoms with Crippen LogP contribution in [0.4, 0.5) is 21.5 Å². The number of nitriles is 1. The molecule has 4 nitrogen and oxygen atoms in total. The summed E-state index contributed by atoms with van der Waals surface area (Å²) in [4.78, 5) is 0. The van der Waals surface area contributed by atoms with Crippen molar-refractivity contribution in [2.75, 3.05) is 17.7 Å². The van der Waals surface area contributed by atoms with E-state index >= 15 is 0 Å². The van der Waals surface area contributed by atoms with Crippen LogP contribution in [0.2, 0.25) is 0 Å². The molecule has 5 heteroatoms. The van der Waals surface area contributed by atoms with Crippen LogP contribution < -0.4 is 15.8 Å². The molecule has 0 saturated carbocycles. The normalized spacial score (nSPS) is 9.85. The van der Waals surface area contributed by atoms with E-state index in [1.807, 2.05) is 0 Å². The van der Waals surface area contributed by atoms with Crippen LogP contribution in [0.25, 0.3) is 0 Å². The van der Waals surface area contributed by atoms with E-state index in [1.165, 1.54) is 12.1 Å². The highest BCUT2D eigenvalue weighted by Gasteiger charge is 2.10. The van der Waals surface area contributed by atoms with Crippen LogP contribution in [0.5, 0.6) is 5.75 Å². The molecule has 0 aliphatic heterocycles. The van der Waals surface area contributed by atoms with E-state index in [0.29, 0.717) is 23.5 Å². The van der Waals surface area contributed by atoms with E-state index in [2.05, 4.69) is 11.4 Å². The summed E-state index contributed by atoms with van der Waals surface area (Å²) >= 11 is 0. The molecule has 20 heavy (non-hydrogen) atoms. The third kappa shape index (κ3) is 2.81. The summed E-state index contributed by atoms with van der Waals surface area (Å²) in [5.41, 5.74) is 7.62. The van der Waals surface area contributed by atoms with Gasteiger partial charge in [-0.05, 0) is 19.1 Å². The molecule has 2 rings (SSSR count). The second kappa shape index (κ2) is 5.93. The Hall–Kier alpha value is -2.74. The number of para-hydroxylation sites is 1. The van der Waals surface area contributed by atoms with Gasteiger partial charge in [0.1, 0.15) is 6.07 Å². The molecule has 2 aromatic carbocycles. The van der Waals surface area contributed by atoms with E-state index in [0.717, 1.165) is 0 Å². The maximum absolute atomic E-state index is 13.6. The van der Waals surface area contributed by atoms with Crippen LogP contribution >= 0.6 is 0 Å². The zero-order valence-corrected chi connectivity index (χ0v) is 11.0. The molecule has 0 aliphatic rings.